The third-order valence-electron chi connectivity index (χ3n) is 4.19. The Labute approximate surface area is 153 Å². The summed E-state index contributed by atoms with van der Waals surface area (Å²) in [6.45, 7) is 1.25. The molecule has 1 fully saturated rings. The second kappa shape index (κ2) is 10.2. The van der Waals surface area contributed by atoms with E-state index in [-0.39, 0.29) is 42.2 Å². The highest BCUT2D eigenvalue weighted by molar-refractivity contribution is 5.97. The molecule has 3 N–H and O–H groups in total. The lowest BCUT2D eigenvalue weighted by molar-refractivity contribution is -0.121. The van der Waals surface area contributed by atoms with E-state index in [9.17, 15) is 14.0 Å². The van der Waals surface area contributed by atoms with Gasteiger partial charge in [-0.1, -0.05) is 0 Å². The Balaban J connectivity index is 0.00000312. The minimum Gasteiger partial charge on any atom is -0.496 e. The van der Waals surface area contributed by atoms with Crippen molar-refractivity contribution < 1.29 is 18.7 Å². The van der Waals surface area contributed by atoms with Gasteiger partial charge in [-0.25, -0.2) is 4.39 Å². The summed E-state index contributed by atoms with van der Waals surface area (Å²) in [6, 6.07) is 3.79. The zero-order valence-electron chi connectivity index (χ0n) is 14.3. The van der Waals surface area contributed by atoms with Crippen molar-refractivity contribution in [3.63, 3.8) is 0 Å². The zero-order valence-corrected chi connectivity index (χ0v) is 15.1. The van der Waals surface area contributed by atoms with Gasteiger partial charge in [0.25, 0.3) is 5.91 Å². The van der Waals surface area contributed by atoms with Crippen LogP contribution in [0.2, 0.25) is 0 Å². The minimum absolute atomic E-state index is 0. The minimum atomic E-state index is -0.482. The van der Waals surface area contributed by atoms with E-state index in [4.69, 9.17) is 10.5 Å². The maximum atomic E-state index is 13.6. The molecule has 1 aliphatic rings. The van der Waals surface area contributed by atoms with Crippen LogP contribution in [0, 0.1) is 5.82 Å². The molecule has 1 aromatic rings. The van der Waals surface area contributed by atoms with Crippen LogP contribution in [-0.2, 0) is 4.79 Å². The molecule has 1 aromatic carbocycles. The van der Waals surface area contributed by atoms with E-state index in [0.29, 0.717) is 25.4 Å². The number of methoxy groups -OCH3 is 1. The maximum Gasteiger partial charge on any atom is 0.258 e. The van der Waals surface area contributed by atoms with Gasteiger partial charge in [-0.2, -0.15) is 0 Å². The summed E-state index contributed by atoms with van der Waals surface area (Å²) in [5.74, 6) is -0.537. The van der Waals surface area contributed by atoms with Crippen LogP contribution in [0.3, 0.4) is 0 Å². The van der Waals surface area contributed by atoms with Gasteiger partial charge in [0.05, 0.1) is 12.7 Å². The van der Waals surface area contributed by atoms with E-state index < -0.39 is 5.82 Å². The molecule has 1 unspecified atom stereocenters. The number of carbonyl (C=O) groups is 2. The predicted octanol–water partition coefficient (Wildman–Crippen LogP) is 1.72. The van der Waals surface area contributed by atoms with Crippen molar-refractivity contribution in [1.29, 1.82) is 0 Å². The van der Waals surface area contributed by atoms with E-state index in [2.05, 4.69) is 5.32 Å². The van der Waals surface area contributed by atoms with Crippen LogP contribution in [-0.4, -0.2) is 49.5 Å². The summed E-state index contributed by atoms with van der Waals surface area (Å²) in [7, 11) is 1.45. The first kappa shape index (κ1) is 21.2. The van der Waals surface area contributed by atoms with E-state index >= 15 is 0 Å². The number of hydrogen-bond donors (Lipinski definition) is 2. The number of nitrogens with zero attached hydrogens (tertiary/aromatic N) is 1. The Bertz CT molecular complexity index is 601. The molecular weight excluding hydrogens is 349 g/mol. The number of ether oxygens (including phenoxy) is 1. The van der Waals surface area contributed by atoms with Crippen molar-refractivity contribution in [3.05, 3.63) is 29.6 Å². The second-order valence-electron chi connectivity index (χ2n) is 5.84. The summed E-state index contributed by atoms with van der Waals surface area (Å²) in [4.78, 5) is 26.2. The zero-order chi connectivity index (χ0) is 17.5. The van der Waals surface area contributed by atoms with Crippen molar-refractivity contribution in [2.24, 2.45) is 5.73 Å². The van der Waals surface area contributed by atoms with Gasteiger partial charge in [0.1, 0.15) is 11.6 Å². The van der Waals surface area contributed by atoms with Gasteiger partial charge in [-0.15, -0.1) is 12.4 Å². The fourth-order valence-electron chi connectivity index (χ4n) is 2.93. The second-order valence-corrected chi connectivity index (χ2v) is 5.84. The Kier molecular flexibility index (Phi) is 8.65. The first-order valence-corrected chi connectivity index (χ1v) is 8.18. The van der Waals surface area contributed by atoms with Gasteiger partial charge in [-0.3, -0.25) is 9.59 Å². The molecule has 140 valence electrons. The molecule has 1 heterocycles. The molecule has 0 aliphatic carbocycles. The van der Waals surface area contributed by atoms with Crippen LogP contribution >= 0.6 is 12.4 Å². The number of hydrogen-bond acceptors (Lipinski definition) is 4. The lowest BCUT2D eigenvalue weighted by Crippen LogP contribution is -2.49. The molecule has 2 rings (SSSR count). The SMILES string of the molecule is COc1ccc(F)cc1C(=O)N1CCCCC1CNC(=O)CCN.Cl. The normalized spacial score (nSPS) is 16.8. The largest absolute Gasteiger partial charge is 0.496 e. The predicted molar refractivity (Wildman–Crippen MR) is 95.6 cm³/mol. The topological polar surface area (TPSA) is 84.7 Å². The van der Waals surface area contributed by atoms with Gasteiger partial charge in [0.15, 0.2) is 0 Å². The lowest BCUT2D eigenvalue weighted by Gasteiger charge is -2.36. The molecule has 6 nitrogen and oxygen atoms in total. The first-order chi connectivity index (χ1) is 11.6. The molecule has 8 heteroatoms. The Morgan fingerprint density at radius 2 is 2.16 bits per heavy atom. The smallest absolute Gasteiger partial charge is 0.258 e. The van der Waals surface area contributed by atoms with Gasteiger partial charge >= 0.3 is 0 Å². The van der Waals surface area contributed by atoms with Crippen molar-refractivity contribution in [1.82, 2.24) is 10.2 Å². The summed E-state index contributed by atoms with van der Waals surface area (Å²) in [6.07, 6.45) is 2.93. The molecule has 1 aliphatic heterocycles. The molecule has 0 saturated carbocycles. The third kappa shape index (κ3) is 5.57. The lowest BCUT2D eigenvalue weighted by atomic mass is 10.00. The highest BCUT2D eigenvalue weighted by Gasteiger charge is 2.29. The van der Waals surface area contributed by atoms with Gasteiger partial charge in [0.2, 0.25) is 5.91 Å². The molecular formula is C17H25ClFN3O3. The first-order valence-electron chi connectivity index (χ1n) is 8.18. The molecule has 1 saturated heterocycles. The average Bonchev–Trinajstić information content (AvgIpc) is 2.60. The highest BCUT2D eigenvalue weighted by atomic mass is 35.5. The monoisotopic (exact) mass is 373 g/mol. The number of carbonyl (C=O) groups excluding carboxylic acids is 2. The molecule has 0 spiro atoms. The maximum absolute atomic E-state index is 13.6. The third-order valence-corrected chi connectivity index (χ3v) is 4.19. The van der Waals surface area contributed by atoms with E-state index in [1.165, 1.54) is 25.3 Å². The van der Waals surface area contributed by atoms with Crippen molar-refractivity contribution in [2.45, 2.75) is 31.7 Å². The Hall–Kier alpha value is -1.86. The molecule has 0 bridgehead atoms. The van der Waals surface area contributed by atoms with Crippen molar-refractivity contribution in [2.75, 3.05) is 26.7 Å². The number of amides is 2. The Morgan fingerprint density at radius 3 is 2.84 bits per heavy atom. The molecule has 25 heavy (non-hydrogen) atoms. The van der Waals surface area contributed by atoms with Crippen LogP contribution in [0.15, 0.2) is 18.2 Å². The summed E-state index contributed by atoms with van der Waals surface area (Å²) >= 11 is 0. The summed E-state index contributed by atoms with van der Waals surface area (Å²) < 4.78 is 18.7. The molecule has 0 radical (unpaired) electrons. The van der Waals surface area contributed by atoms with E-state index in [0.717, 1.165) is 19.3 Å². The molecule has 2 amide bonds. The molecule has 0 aromatic heterocycles. The number of rotatable bonds is 6. The van der Waals surface area contributed by atoms with Crippen LogP contribution < -0.4 is 15.8 Å². The van der Waals surface area contributed by atoms with Crippen LogP contribution in [0.5, 0.6) is 5.75 Å². The summed E-state index contributed by atoms with van der Waals surface area (Å²) in [5, 5.41) is 2.81. The van der Waals surface area contributed by atoms with Crippen molar-refractivity contribution in [3.8, 4) is 5.75 Å². The van der Waals surface area contributed by atoms with E-state index in [1.54, 1.807) is 4.90 Å². The van der Waals surface area contributed by atoms with Crippen LogP contribution in [0.4, 0.5) is 4.39 Å². The van der Waals surface area contributed by atoms with Crippen LogP contribution in [0.25, 0.3) is 0 Å². The van der Waals surface area contributed by atoms with Gasteiger partial charge in [-0.05, 0) is 37.5 Å². The molecule has 1 atom stereocenters. The Morgan fingerprint density at radius 1 is 1.40 bits per heavy atom. The number of piperidine rings is 1. The number of halogens is 2. The standard InChI is InChI=1S/C17H24FN3O3.ClH/c1-24-15-6-5-12(18)10-14(15)17(23)21-9-3-2-4-13(21)11-20-16(22)7-8-19;/h5-6,10,13H,2-4,7-9,11,19H2,1H3,(H,20,22);1H. The number of benzene rings is 1. The summed E-state index contributed by atoms with van der Waals surface area (Å²) in [5.41, 5.74) is 5.57. The number of likely N-dealkylation sites (tertiary alicyclic amines) is 1. The van der Waals surface area contributed by atoms with Gasteiger partial charge < -0.3 is 20.7 Å². The van der Waals surface area contributed by atoms with Crippen molar-refractivity contribution >= 4 is 24.2 Å². The quantitative estimate of drug-likeness (QED) is 0.795. The fraction of sp³-hybridized carbons (Fsp3) is 0.529. The van der Waals surface area contributed by atoms with Crippen LogP contribution in [0.1, 0.15) is 36.0 Å². The highest BCUT2D eigenvalue weighted by Crippen LogP contribution is 2.25. The van der Waals surface area contributed by atoms with Gasteiger partial charge in [0, 0.05) is 32.1 Å². The number of nitrogens with one attached hydrogen (secondary N) is 1. The average molecular weight is 374 g/mol. The number of nitrogens with two attached hydrogens (primary N) is 1. The fourth-order valence-corrected chi connectivity index (χ4v) is 2.93. The van der Waals surface area contributed by atoms with E-state index in [1.807, 2.05) is 0 Å².